The summed E-state index contributed by atoms with van der Waals surface area (Å²) in [5, 5.41) is 0. The molecule has 2 atom stereocenters. The molecule has 5 aliphatic rings. The molecule has 1 unspecified atom stereocenters. The number of aryl methyl sites for hydroxylation is 4. The van der Waals surface area contributed by atoms with Crippen LogP contribution in [0.1, 0.15) is 103 Å². The molecule has 0 aliphatic heterocycles. The number of benzene rings is 2. The molecule has 7 nitrogen and oxygen atoms in total. The van der Waals surface area contributed by atoms with Crippen LogP contribution in [0.15, 0.2) is 66.7 Å². The summed E-state index contributed by atoms with van der Waals surface area (Å²) in [6, 6.07) is 23.3. The van der Waals surface area contributed by atoms with Crippen LogP contribution < -0.4 is 9.64 Å². The van der Waals surface area contributed by atoms with E-state index in [-0.39, 0.29) is 23.4 Å². The third-order valence-electron chi connectivity index (χ3n) is 12.6. The van der Waals surface area contributed by atoms with Crippen LogP contribution in [0.4, 0.5) is 5.82 Å². The number of amides is 1. The molecule has 2 aromatic carbocycles. The molecule has 1 amide bonds. The summed E-state index contributed by atoms with van der Waals surface area (Å²) in [6.45, 7) is 13.1. The number of carbonyl (C=O) groups is 1. The lowest BCUT2D eigenvalue weighted by Crippen LogP contribution is -2.77. The van der Waals surface area contributed by atoms with Gasteiger partial charge in [0.15, 0.2) is 0 Å². The van der Waals surface area contributed by atoms with E-state index in [1.807, 2.05) is 31.2 Å². The number of aromatic nitrogens is 3. The van der Waals surface area contributed by atoms with E-state index in [1.54, 1.807) is 0 Å². The highest BCUT2D eigenvalue weighted by molar-refractivity contribution is 5.95. The molecular weight excluding hydrogens is 631 g/mol. The van der Waals surface area contributed by atoms with E-state index in [0.717, 1.165) is 53.2 Å². The highest BCUT2D eigenvalue weighted by Gasteiger charge is 2.71. The van der Waals surface area contributed by atoms with Crippen molar-refractivity contribution in [3.05, 3.63) is 101 Å². The number of hydrogen-bond donors (Lipinski definition) is 0. The first-order valence-electron chi connectivity index (χ1n) is 19.1. The van der Waals surface area contributed by atoms with Gasteiger partial charge in [-0.25, -0.2) is 9.97 Å². The lowest BCUT2D eigenvalue weighted by molar-refractivity contribution is -0.171. The SMILES string of the molecule is Cc1cccc(C(=O)N([C@@H](COc2cc(-c3c(C)cccc3C)nc(C)n2)CC(C)C)C23CC(C2)C3c2cccc(N(C)C3CC4(CC4)C3)n2)c1. The molecule has 9 rings (SSSR count). The Hall–Kier alpha value is -4.26. The molecular formula is C44H53N5O2. The molecule has 1 spiro atoms. The predicted octanol–water partition coefficient (Wildman–Crippen LogP) is 9.03. The molecule has 2 aromatic heterocycles. The standard InChI is InChI=1S/C44H53N5O2/c1-27(2)19-34(26-51-39-21-37(45-31(6)46-39)40-29(4)12-9-13-30(40)5)49(42(50)32-14-8-11-28(3)20-32)44-22-33(23-44)41(44)36-15-10-16-38(47-36)48(7)35-24-43(25-35)17-18-43/h8-16,20-21,27,33-35,41H,17-19,22-26H2,1-7H3/t33?,34-,41?,44?/m1/s1. The van der Waals surface area contributed by atoms with Crippen molar-refractivity contribution in [1.82, 2.24) is 19.9 Å². The molecule has 4 aromatic rings. The highest BCUT2D eigenvalue weighted by Crippen LogP contribution is 2.70. The molecule has 0 saturated heterocycles. The van der Waals surface area contributed by atoms with E-state index < -0.39 is 0 Å². The summed E-state index contributed by atoms with van der Waals surface area (Å²) >= 11 is 0. The minimum absolute atomic E-state index is 0.0867. The maximum Gasteiger partial charge on any atom is 0.254 e. The average Bonchev–Trinajstić information content (AvgIpc) is 3.85. The predicted molar refractivity (Wildman–Crippen MR) is 203 cm³/mol. The molecule has 0 N–H and O–H groups in total. The van der Waals surface area contributed by atoms with Crippen LogP contribution in [0.2, 0.25) is 0 Å². The van der Waals surface area contributed by atoms with Gasteiger partial charge in [0.05, 0.1) is 17.3 Å². The quantitative estimate of drug-likeness (QED) is 0.148. The Kier molecular flexibility index (Phi) is 8.46. The van der Waals surface area contributed by atoms with Crippen molar-refractivity contribution < 1.29 is 9.53 Å². The number of ether oxygens (including phenoxy) is 1. The normalized spacial score (nSPS) is 23.2. The Morgan fingerprint density at radius 1 is 0.882 bits per heavy atom. The molecule has 2 bridgehead atoms. The summed E-state index contributed by atoms with van der Waals surface area (Å²) in [6.07, 6.45) is 8.20. The first kappa shape index (κ1) is 33.9. The molecule has 0 radical (unpaired) electrons. The van der Waals surface area contributed by atoms with Crippen molar-refractivity contribution in [2.45, 2.75) is 110 Å². The zero-order valence-electron chi connectivity index (χ0n) is 31.4. The summed E-state index contributed by atoms with van der Waals surface area (Å²) in [5.41, 5.74) is 7.62. The fourth-order valence-electron chi connectivity index (χ4n) is 9.70. The average molecular weight is 684 g/mol. The Labute approximate surface area is 303 Å². The van der Waals surface area contributed by atoms with E-state index in [0.29, 0.717) is 41.6 Å². The Morgan fingerprint density at radius 3 is 2.24 bits per heavy atom. The van der Waals surface area contributed by atoms with Gasteiger partial charge in [-0.15, -0.1) is 0 Å². The molecule has 2 heterocycles. The lowest BCUT2D eigenvalue weighted by atomic mass is 9.40. The van der Waals surface area contributed by atoms with Gasteiger partial charge in [0.1, 0.15) is 18.2 Å². The van der Waals surface area contributed by atoms with Crippen LogP contribution in [0.25, 0.3) is 11.3 Å². The monoisotopic (exact) mass is 683 g/mol. The molecule has 5 saturated carbocycles. The van der Waals surface area contributed by atoms with Crippen molar-refractivity contribution in [3.8, 4) is 17.1 Å². The summed E-state index contributed by atoms with van der Waals surface area (Å²) in [4.78, 5) is 34.5. The molecule has 7 heteroatoms. The summed E-state index contributed by atoms with van der Waals surface area (Å²) < 4.78 is 6.65. The van der Waals surface area contributed by atoms with Gasteiger partial charge in [-0.05, 0) is 125 Å². The minimum Gasteiger partial charge on any atom is -0.475 e. The number of pyridine rings is 1. The van der Waals surface area contributed by atoms with Gasteiger partial charge in [0.25, 0.3) is 5.91 Å². The van der Waals surface area contributed by atoms with Crippen molar-refractivity contribution >= 4 is 11.7 Å². The number of nitrogens with zero attached hydrogens (tertiary/aromatic N) is 5. The third-order valence-corrected chi connectivity index (χ3v) is 12.6. The zero-order valence-corrected chi connectivity index (χ0v) is 31.4. The topological polar surface area (TPSA) is 71.5 Å². The fraction of sp³-hybridized carbons (Fsp3) is 0.500. The summed E-state index contributed by atoms with van der Waals surface area (Å²) in [7, 11) is 2.22. The number of carbonyl (C=O) groups excluding carboxylic acids is 1. The van der Waals surface area contributed by atoms with Gasteiger partial charge >= 0.3 is 0 Å². The van der Waals surface area contributed by atoms with Crippen LogP contribution in [-0.2, 0) is 0 Å². The van der Waals surface area contributed by atoms with E-state index >= 15 is 0 Å². The fourth-order valence-corrected chi connectivity index (χ4v) is 9.70. The van der Waals surface area contributed by atoms with Crippen LogP contribution in [0.3, 0.4) is 0 Å². The smallest absolute Gasteiger partial charge is 0.254 e. The number of rotatable bonds is 12. The first-order chi connectivity index (χ1) is 24.4. The zero-order chi connectivity index (χ0) is 35.7. The van der Waals surface area contributed by atoms with E-state index in [9.17, 15) is 4.79 Å². The second kappa shape index (κ2) is 12.8. The van der Waals surface area contributed by atoms with Gasteiger partial charge < -0.3 is 14.5 Å². The first-order valence-corrected chi connectivity index (χ1v) is 19.1. The van der Waals surface area contributed by atoms with Gasteiger partial charge in [0, 0.05) is 41.9 Å². The largest absolute Gasteiger partial charge is 0.475 e. The number of hydrogen-bond acceptors (Lipinski definition) is 6. The lowest BCUT2D eigenvalue weighted by Gasteiger charge is -2.72. The Morgan fingerprint density at radius 2 is 1.59 bits per heavy atom. The van der Waals surface area contributed by atoms with Crippen LogP contribution in [0.5, 0.6) is 5.88 Å². The Balaban J connectivity index is 1.12. The third kappa shape index (κ3) is 6.10. The second-order valence-corrected chi connectivity index (χ2v) is 16.9. The van der Waals surface area contributed by atoms with Gasteiger partial charge in [-0.3, -0.25) is 4.79 Å². The van der Waals surface area contributed by atoms with Gasteiger partial charge in [0.2, 0.25) is 5.88 Å². The van der Waals surface area contributed by atoms with Crippen LogP contribution in [0, 0.1) is 44.9 Å². The summed E-state index contributed by atoms with van der Waals surface area (Å²) in [5.74, 6) is 3.48. The second-order valence-electron chi connectivity index (χ2n) is 16.9. The van der Waals surface area contributed by atoms with Crippen molar-refractivity contribution in [2.75, 3.05) is 18.6 Å². The maximum absolute atomic E-state index is 14.9. The van der Waals surface area contributed by atoms with Crippen LogP contribution >= 0.6 is 0 Å². The van der Waals surface area contributed by atoms with Gasteiger partial charge in [-0.2, -0.15) is 4.98 Å². The highest BCUT2D eigenvalue weighted by atomic mass is 16.5. The van der Waals surface area contributed by atoms with E-state index in [4.69, 9.17) is 19.7 Å². The molecule has 266 valence electrons. The van der Waals surface area contributed by atoms with Gasteiger partial charge in [-0.1, -0.05) is 55.8 Å². The minimum atomic E-state index is -0.293. The van der Waals surface area contributed by atoms with Crippen molar-refractivity contribution in [2.24, 2.45) is 17.3 Å². The Bertz CT molecular complexity index is 1930. The molecule has 5 aliphatic carbocycles. The van der Waals surface area contributed by atoms with Crippen molar-refractivity contribution in [1.29, 1.82) is 0 Å². The maximum atomic E-state index is 14.9. The van der Waals surface area contributed by atoms with E-state index in [2.05, 4.69) is 93.9 Å². The van der Waals surface area contributed by atoms with Crippen LogP contribution in [-0.4, -0.2) is 57.0 Å². The number of anilines is 1. The molecule has 5 fully saturated rings. The van der Waals surface area contributed by atoms with E-state index in [1.165, 1.54) is 36.8 Å². The van der Waals surface area contributed by atoms with Crippen molar-refractivity contribution in [3.63, 3.8) is 0 Å². The molecule has 51 heavy (non-hydrogen) atoms.